The smallest absolute Gasteiger partial charge is 0.0478 e. The first kappa shape index (κ1) is 13.9. The van der Waals surface area contributed by atoms with E-state index < -0.39 is 0 Å². The largest absolute Gasteiger partial charge is 0.382 e. The highest BCUT2D eigenvalue weighted by atomic mass is 16.5. The van der Waals surface area contributed by atoms with E-state index in [9.17, 15) is 0 Å². The van der Waals surface area contributed by atoms with Crippen LogP contribution in [0.15, 0.2) is 0 Å². The molecule has 0 aromatic heterocycles. The van der Waals surface area contributed by atoms with Crippen molar-refractivity contribution in [3.8, 4) is 0 Å². The summed E-state index contributed by atoms with van der Waals surface area (Å²) < 4.78 is 5.37. The Bertz CT molecular complexity index is 173. The summed E-state index contributed by atoms with van der Waals surface area (Å²) in [7, 11) is 0. The van der Waals surface area contributed by atoms with Crippen molar-refractivity contribution < 1.29 is 4.74 Å². The van der Waals surface area contributed by atoms with Gasteiger partial charge in [-0.15, -0.1) is 0 Å². The van der Waals surface area contributed by atoms with Gasteiger partial charge >= 0.3 is 0 Å². The predicted molar refractivity (Wildman–Crippen MR) is 68.8 cm³/mol. The molecule has 1 aliphatic heterocycles. The molecular weight excluding hydrogens is 200 g/mol. The second-order valence-corrected chi connectivity index (χ2v) is 5.13. The van der Waals surface area contributed by atoms with Gasteiger partial charge in [0, 0.05) is 45.4 Å². The molecule has 0 aromatic rings. The van der Waals surface area contributed by atoms with Gasteiger partial charge in [-0.1, -0.05) is 13.8 Å². The summed E-state index contributed by atoms with van der Waals surface area (Å²) in [6.45, 7) is 13.2. The van der Waals surface area contributed by atoms with Crippen LogP contribution in [0.4, 0.5) is 0 Å². The first-order valence-electron chi connectivity index (χ1n) is 6.75. The molecular formula is C13H28N2O. The van der Waals surface area contributed by atoms with Crippen LogP contribution in [0.25, 0.3) is 0 Å². The van der Waals surface area contributed by atoms with Gasteiger partial charge in [0.05, 0.1) is 0 Å². The van der Waals surface area contributed by atoms with E-state index in [0.717, 1.165) is 25.7 Å². The first-order valence-corrected chi connectivity index (χ1v) is 6.75. The van der Waals surface area contributed by atoms with Crippen LogP contribution >= 0.6 is 0 Å². The van der Waals surface area contributed by atoms with Crippen molar-refractivity contribution in [3.05, 3.63) is 0 Å². The number of hydrogen-bond donors (Lipinski definition) is 1. The Balaban J connectivity index is 2.12. The fourth-order valence-corrected chi connectivity index (χ4v) is 2.36. The summed E-state index contributed by atoms with van der Waals surface area (Å²) >= 11 is 0. The molecule has 0 bridgehead atoms. The fourth-order valence-electron chi connectivity index (χ4n) is 2.36. The molecule has 0 saturated carbocycles. The molecule has 1 heterocycles. The highest BCUT2D eigenvalue weighted by molar-refractivity contribution is 4.79. The Labute approximate surface area is 101 Å². The summed E-state index contributed by atoms with van der Waals surface area (Å²) in [5.74, 6) is 0.792. The van der Waals surface area contributed by atoms with Crippen LogP contribution in [0.3, 0.4) is 0 Å². The summed E-state index contributed by atoms with van der Waals surface area (Å²) in [5, 5.41) is 3.61. The lowest BCUT2D eigenvalue weighted by Gasteiger charge is -2.34. The number of rotatable bonds is 7. The Hall–Kier alpha value is -0.120. The molecule has 96 valence electrons. The zero-order valence-corrected chi connectivity index (χ0v) is 11.2. The molecule has 3 heteroatoms. The maximum Gasteiger partial charge on any atom is 0.0478 e. The van der Waals surface area contributed by atoms with Gasteiger partial charge in [-0.25, -0.2) is 0 Å². The Morgan fingerprint density at radius 1 is 1.44 bits per heavy atom. The summed E-state index contributed by atoms with van der Waals surface area (Å²) in [4.78, 5) is 2.57. The molecule has 1 unspecified atom stereocenters. The topological polar surface area (TPSA) is 24.5 Å². The monoisotopic (exact) mass is 228 g/mol. The minimum absolute atomic E-state index is 0.695. The molecule has 0 radical (unpaired) electrons. The van der Waals surface area contributed by atoms with E-state index >= 15 is 0 Å². The fraction of sp³-hybridized carbons (Fsp3) is 1.00. The molecule has 0 aliphatic carbocycles. The van der Waals surface area contributed by atoms with Gasteiger partial charge in [0.2, 0.25) is 0 Å². The normalized spacial score (nSPS) is 22.9. The van der Waals surface area contributed by atoms with E-state index in [-0.39, 0.29) is 0 Å². The molecule has 16 heavy (non-hydrogen) atoms. The maximum absolute atomic E-state index is 5.37. The second kappa shape index (κ2) is 8.04. The van der Waals surface area contributed by atoms with Gasteiger partial charge in [-0.2, -0.15) is 0 Å². The van der Waals surface area contributed by atoms with E-state index in [2.05, 4.69) is 31.0 Å². The Morgan fingerprint density at radius 3 is 2.94 bits per heavy atom. The predicted octanol–water partition coefficient (Wildman–Crippen LogP) is 1.73. The van der Waals surface area contributed by atoms with Crippen LogP contribution < -0.4 is 5.32 Å². The molecule has 1 N–H and O–H groups in total. The minimum Gasteiger partial charge on any atom is -0.382 e. The standard InChI is InChI=1S/C13H28N2O/c1-4-16-9-5-7-15-8-6-14-13(11-15)10-12(2)3/h12-14H,4-11H2,1-3H3. The molecule has 1 aliphatic rings. The Kier molecular flexibility index (Phi) is 7.01. The van der Waals surface area contributed by atoms with Crippen molar-refractivity contribution in [3.63, 3.8) is 0 Å². The molecule has 1 fully saturated rings. The second-order valence-electron chi connectivity index (χ2n) is 5.13. The molecule has 1 atom stereocenters. The van der Waals surface area contributed by atoms with Gasteiger partial charge in [0.15, 0.2) is 0 Å². The van der Waals surface area contributed by atoms with Crippen LogP contribution in [0, 0.1) is 5.92 Å². The molecule has 3 nitrogen and oxygen atoms in total. The average Bonchev–Trinajstić information content (AvgIpc) is 2.24. The SMILES string of the molecule is CCOCCCN1CCNC(CC(C)C)C1. The average molecular weight is 228 g/mol. The highest BCUT2D eigenvalue weighted by Crippen LogP contribution is 2.09. The van der Waals surface area contributed by atoms with Crippen LogP contribution in [0.1, 0.15) is 33.6 Å². The van der Waals surface area contributed by atoms with E-state index in [1.54, 1.807) is 0 Å². The number of nitrogens with one attached hydrogen (secondary N) is 1. The number of nitrogens with zero attached hydrogens (tertiary/aromatic N) is 1. The lowest BCUT2D eigenvalue weighted by Crippen LogP contribution is -2.51. The zero-order valence-electron chi connectivity index (χ0n) is 11.2. The first-order chi connectivity index (χ1) is 7.72. The third-order valence-corrected chi connectivity index (χ3v) is 3.06. The van der Waals surface area contributed by atoms with Crippen molar-refractivity contribution in [2.45, 2.75) is 39.7 Å². The van der Waals surface area contributed by atoms with Crippen LogP contribution in [0.5, 0.6) is 0 Å². The number of ether oxygens (including phenoxy) is 1. The van der Waals surface area contributed by atoms with Gasteiger partial charge < -0.3 is 15.0 Å². The van der Waals surface area contributed by atoms with Crippen molar-refractivity contribution >= 4 is 0 Å². The summed E-state index contributed by atoms with van der Waals surface area (Å²) in [5.41, 5.74) is 0. The Morgan fingerprint density at radius 2 is 2.25 bits per heavy atom. The van der Waals surface area contributed by atoms with E-state index in [1.165, 1.54) is 32.5 Å². The third kappa shape index (κ3) is 5.83. The van der Waals surface area contributed by atoms with Gasteiger partial charge in [-0.3, -0.25) is 0 Å². The van der Waals surface area contributed by atoms with E-state index in [1.807, 2.05) is 0 Å². The third-order valence-electron chi connectivity index (χ3n) is 3.06. The lowest BCUT2D eigenvalue weighted by atomic mass is 10.0. The quantitative estimate of drug-likeness (QED) is 0.672. The molecule has 0 spiro atoms. The van der Waals surface area contributed by atoms with Crippen molar-refractivity contribution in [2.24, 2.45) is 5.92 Å². The summed E-state index contributed by atoms with van der Waals surface area (Å²) in [6, 6.07) is 0.695. The van der Waals surface area contributed by atoms with Gasteiger partial charge in [0.25, 0.3) is 0 Å². The zero-order chi connectivity index (χ0) is 11.8. The van der Waals surface area contributed by atoms with Crippen molar-refractivity contribution in [1.82, 2.24) is 10.2 Å². The molecule has 0 aromatic carbocycles. The number of piperazine rings is 1. The van der Waals surface area contributed by atoms with E-state index in [0.29, 0.717) is 6.04 Å². The maximum atomic E-state index is 5.37. The molecule has 0 amide bonds. The van der Waals surface area contributed by atoms with Crippen LogP contribution in [0.2, 0.25) is 0 Å². The lowest BCUT2D eigenvalue weighted by molar-refractivity contribution is 0.121. The van der Waals surface area contributed by atoms with Crippen molar-refractivity contribution in [2.75, 3.05) is 39.4 Å². The van der Waals surface area contributed by atoms with Gasteiger partial charge in [0.1, 0.15) is 0 Å². The summed E-state index contributed by atoms with van der Waals surface area (Å²) in [6.07, 6.45) is 2.46. The minimum atomic E-state index is 0.695. The van der Waals surface area contributed by atoms with Crippen LogP contribution in [-0.2, 0) is 4.74 Å². The van der Waals surface area contributed by atoms with Crippen molar-refractivity contribution in [1.29, 1.82) is 0 Å². The molecule has 1 rings (SSSR count). The highest BCUT2D eigenvalue weighted by Gasteiger charge is 2.19. The van der Waals surface area contributed by atoms with E-state index in [4.69, 9.17) is 4.74 Å². The molecule has 1 saturated heterocycles. The van der Waals surface area contributed by atoms with Crippen LogP contribution in [-0.4, -0.2) is 50.3 Å². The number of hydrogen-bond acceptors (Lipinski definition) is 3. The van der Waals surface area contributed by atoms with Gasteiger partial charge in [-0.05, 0) is 25.7 Å².